The predicted octanol–water partition coefficient (Wildman–Crippen LogP) is 4.61. The number of hydrogen-bond donors (Lipinski definition) is 1. The Hall–Kier alpha value is -3.20. The van der Waals surface area contributed by atoms with Crippen molar-refractivity contribution in [2.45, 2.75) is 31.5 Å². The number of nitrogens with one attached hydrogen (secondary N) is 1. The molecule has 4 heterocycles. The van der Waals surface area contributed by atoms with Gasteiger partial charge in [0.05, 0.1) is 18.0 Å². The molecule has 178 valence electrons. The molecule has 3 aliphatic rings. The summed E-state index contributed by atoms with van der Waals surface area (Å²) in [6.45, 7) is 2.97. The van der Waals surface area contributed by atoms with Crippen LogP contribution >= 0.6 is 0 Å². The maximum atomic E-state index is 14.3. The first-order valence-electron chi connectivity index (χ1n) is 11.2. The normalized spacial score (nSPS) is 22.2. The van der Waals surface area contributed by atoms with E-state index in [1.165, 1.54) is 0 Å². The zero-order valence-electron chi connectivity index (χ0n) is 18.2. The van der Waals surface area contributed by atoms with Gasteiger partial charge in [-0.3, -0.25) is 9.59 Å². The Morgan fingerprint density at radius 1 is 1.03 bits per heavy atom. The van der Waals surface area contributed by atoms with Crippen LogP contribution in [0.1, 0.15) is 30.0 Å². The predicted molar refractivity (Wildman–Crippen MR) is 120 cm³/mol. The molecule has 2 bridgehead atoms. The summed E-state index contributed by atoms with van der Waals surface area (Å²) >= 11 is 0. The second-order valence-corrected chi connectivity index (χ2v) is 9.00. The minimum atomic E-state index is -4.85. The summed E-state index contributed by atoms with van der Waals surface area (Å²) in [5.41, 5.74) is -1.54. The van der Waals surface area contributed by atoms with E-state index >= 15 is 0 Å². The zero-order chi connectivity index (χ0) is 24.0. The van der Waals surface area contributed by atoms with Crippen molar-refractivity contribution in [3.8, 4) is 0 Å². The van der Waals surface area contributed by atoms with Crippen LogP contribution in [0.4, 0.5) is 23.2 Å². The molecule has 0 aliphatic carbocycles. The summed E-state index contributed by atoms with van der Waals surface area (Å²) in [6, 6.07) is 9.70. The van der Waals surface area contributed by atoms with Gasteiger partial charge in [-0.1, -0.05) is 18.2 Å². The van der Waals surface area contributed by atoms with Crippen molar-refractivity contribution in [3.63, 3.8) is 0 Å². The van der Waals surface area contributed by atoms with Crippen molar-refractivity contribution in [3.05, 3.63) is 76.0 Å². The molecule has 3 saturated heterocycles. The van der Waals surface area contributed by atoms with Gasteiger partial charge in [-0.25, -0.2) is 4.39 Å². The lowest BCUT2D eigenvalue weighted by atomic mass is 9.84. The van der Waals surface area contributed by atoms with E-state index < -0.39 is 29.9 Å². The Kier molecular flexibility index (Phi) is 5.67. The average Bonchev–Trinajstić information content (AvgIpc) is 2.81. The number of amides is 1. The number of carbonyl (C=O) groups is 1. The van der Waals surface area contributed by atoms with Crippen LogP contribution in [0.15, 0.2) is 53.5 Å². The topological polar surface area (TPSA) is 54.3 Å². The minimum Gasteiger partial charge on any atom is -0.325 e. The highest BCUT2D eigenvalue weighted by Gasteiger charge is 2.36. The van der Waals surface area contributed by atoms with Crippen LogP contribution in [0.25, 0.3) is 10.8 Å². The van der Waals surface area contributed by atoms with Crippen molar-refractivity contribution in [2.24, 2.45) is 5.92 Å². The molecule has 9 heteroatoms. The van der Waals surface area contributed by atoms with Gasteiger partial charge in [0, 0.05) is 29.2 Å². The molecule has 3 aromatic rings. The quantitative estimate of drug-likeness (QED) is 0.564. The second-order valence-electron chi connectivity index (χ2n) is 9.00. The first-order chi connectivity index (χ1) is 16.2. The molecule has 0 radical (unpaired) electrons. The van der Waals surface area contributed by atoms with Crippen molar-refractivity contribution in [1.29, 1.82) is 0 Å². The van der Waals surface area contributed by atoms with Gasteiger partial charge in [0.25, 0.3) is 5.56 Å². The fraction of sp³-hybridized carbons (Fsp3) is 0.360. The summed E-state index contributed by atoms with van der Waals surface area (Å²) < 4.78 is 55.0. The lowest BCUT2D eigenvalue weighted by Gasteiger charge is -2.45. The molecule has 3 aliphatic heterocycles. The Labute approximate surface area is 193 Å². The molecule has 2 aromatic carbocycles. The monoisotopic (exact) mass is 473 g/mol. The fourth-order valence-corrected chi connectivity index (χ4v) is 5.21. The van der Waals surface area contributed by atoms with E-state index in [0.29, 0.717) is 28.4 Å². The third kappa shape index (κ3) is 4.09. The molecule has 6 rings (SSSR count). The van der Waals surface area contributed by atoms with Crippen molar-refractivity contribution in [1.82, 2.24) is 9.47 Å². The zero-order valence-corrected chi connectivity index (χ0v) is 18.2. The number of benzene rings is 2. The van der Waals surface area contributed by atoms with Gasteiger partial charge in [0.1, 0.15) is 5.82 Å². The second kappa shape index (κ2) is 8.54. The summed E-state index contributed by atoms with van der Waals surface area (Å²) in [5, 5.41) is 3.61. The largest absolute Gasteiger partial charge is 0.419 e. The molecular formula is C25H23F4N3O2. The number of pyridine rings is 1. The van der Waals surface area contributed by atoms with Gasteiger partial charge in [0.2, 0.25) is 5.91 Å². The third-order valence-electron chi connectivity index (χ3n) is 6.96. The lowest BCUT2D eigenvalue weighted by Crippen LogP contribution is -2.49. The van der Waals surface area contributed by atoms with Gasteiger partial charge >= 0.3 is 6.18 Å². The van der Waals surface area contributed by atoms with E-state index in [0.717, 1.165) is 44.6 Å². The molecule has 1 N–H and O–H groups in total. The van der Waals surface area contributed by atoms with Crippen LogP contribution in [0.3, 0.4) is 0 Å². The van der Waals surface area contributed by atoms with Crippen LogP contribution in [-0.2, 0) is 17.4 Å². The molecule has 1 amide bonds. The van der Waals surface area contributed by atoms with E-state index in [9.17, 15) is 27.2 Å². The van der Waals surface area contributed by atoms with Crippen LogP contribution in [0.5, 0.6) is 0 Å². The van der Waals surface area contributed by atoms with Crippen LogP contribution in [0, 0.1) is 11.7 Å². The Balaban J connectivity index is 1.40. The SMILES string of the molecule is O=C(Cc1cccc(C(F)(F)F)c1F)Nc1cccc2c(=O)n(C3CN4CCC3CC4)ccc12. The molecule has 1 aromatic heterocycles. The van der Waals surface area contributed by atoms with Gasteiger partial charge in [-0.2, -0.15) is 13.2 Å². The summed E-state index contributed by atoms with van der Waals surface area (Å²) in [4.78, 5) is 28.2. The number of halogens is 4. The maximum absolute atomic E-state index is 14.3. The Morgan fingerprint density at radius 2 is 1.76 bits per heavy atom. The lowest BCUT2D eigenvalue weighted by molar-refractivity contribution is -0.140. The van der Waals surface area contributed by atoms with E-state index in [-0.39, 0.29) is 17.2 Å². The van der Waals surface area contributed by atoms with Gasteiger partial charge < -0.3 is 14.8 Å². The van der Waals surface area contributed by atoms with Crippen molar-refractivity contribution >= 4 is 22.4 Å². The third-order valence-corrected chi connectivity index (χ3v) is 6.96. The highest BCUT2D eigenvalue weighted by atomic mass is 19.4. The number of aromatic nitrogens is 1. The van der Waals surface area contributed by atoms with Gasteiger partial charge in [-0.05, 0) is 61.7 Å². The number of alkyl halides is 3. The average molecular weight is 473 g/mol. The molecule has 5 nitrogen and oxygen atoms in total. The van der Waals surface area contributed by atoms with Crippen LogP contribution < -0.4 is 10.9 Å². The summed E-state index contributed by atoms with van der Waals surface area (Å²) in [7, 11) is 0. The minimum absolute atomic E-state index is 0.113. The number of nitrogens with zero attached hydrogens (tertiary/aromatic N) is 2. The standard InChI is InChI=1S/C25H23F4N3O2/c26-23-16(3-1-5-19(23)25(27,28)29)13-22(33)30-20-6-2-4-18-17(20)9-12-32(24(18)34)21-14-31-10-7-15(21)8-11-31/h1-6,9,12,15,21H,7-8,10-11,13-14H2,(H,30,33). The first kappa shape index (κ1) is 22.6. The molecule has 34 heavy (non-hydrogen) atoms. The number of hydrogen-bond acceptors (Lipinski definition) is 3. The van der Waals surface area contributed by atoms with Crippen molar-refractivity contribution in [2.75, 3.05) is 25.0 Å². The summed E-state index contributed by atoms with van der Waals surface area (Å²) in [6.07, 6.45) is -1.53. The number of fused-ring (bicyclic) bond motifs is 4. The maximum Gasteiger partial charge on any atom is 0.419 e. The van der Waals surface area contributed by atoms with E-state index in [2.05, 4.69) is 10.2 Å². The Bertz CT molecular complexity index is 1310. The van der Waals surface area contributed by atoms with Crippen LogP contribution in [-0.4, -0.2) is 35.0 Å². The van der Waals surface area contributed by atoms with E-state index in [1.54, 1.807) is 35.0 Å². The smallest absolute Gasteiger partial charge is 0.325 e. The van der Waals surface area contributed by atoms with E-state index in [1.807, 2.05) is 0 Å². The number of piperidine rings is 3. The summed E-state index contributed by atoms with van der Waals surface area (Å²) in [5.74, 6) is -1.67. The van der Waals surface area contributed by atoms with E-state index in [4.69, 9.17) is 0 Å². The molecule has 1 unspecified atom stereocenters. The number of rotatable bonds is 4. The fourth-order valence-electron chi connectivity index (χ4n) is 5.21. The number of carbonyl (C=O) groups excluding carboxylic acids is 1. The van der Waals surface area contributed by atoms with Gasteiger partial charge in [-0.15, -0.1) is 0 Å². The highest BCUT2D eigenvalue weighted by Crippen LogP contribution is 2.35. The molecule has 1 atom stereocenters. The molecule has 0 saturated carbocycles. The first-order valence-corrected chi connectivity index (χ1v) is 11.2. The molecule has 3 fully saturated rings. The highest BCUT2D eigenvalue weighted by molar-refractivity contribution is 6.02. The van der Waals surface area contributed by atoms with Gasteiger partial charge in [0.15, 0.2) is 0 Å². The molecular weight excluding hydrogens is 450 g/mol. The Morgan fingerprint density at radius 3 is 2.44 bits per heavy atom. The molecule has 0 spiro atoms. The van der Waals surface area contributed by atoms with Crippen LogP contribution in [0.2, 0.25) is 0 Å². The van der Waals surface area contributed by atoms with Crippen molar-refractivity contribution < 1.29 is 22.4 Å². The number of anilines is 1.